The Kier molecular flexibility index (Phi) is 8.06. The molecule has 0 fully saturated rings. The lowest BCUT2D eigenvalue weighted by molar-refractivity contribution is -0.143. The van der Waals surface area contributed by atoms with Gasteiger partial charge in [-0.1, -0.05) is 36.4 Å². The van der Waals surface area contributed by atoms with Crippen LogP contribution in [0.3, 0.4) is 0 Å². The van der Waals surface area contributed by atoms with Crippen molar-refractivity contribution >= 4 is 29.1 Å². The van der Waals surface area contributed by atoms with Crippen molar-refractivity contribution in [1.29, 1.82) is 0 Å². The third-order valence-corrected chi connectivity index (χ3v) is 5.57. The first-order chi connectivity index (χ1) is 16.9. The molecule has 0 unspecified atom stereocenters. The highest BCUT2D eigenvalue weighted by Crippen LogP contribution is 2.29. The predicted octanol–water partition coefficient (Wildman–Crippen LogP) is 4.00. The summed E-state index contributed by atoms with van der Waals surface area (Å²) < 4.78 is 64.8. The highest BCUT2D eigenvalue weighted by molar-refractivity contribution is 6.20. The number of fused-ring (bicyclic) bond motifs is 1. The summed E-state index contributed by atoms with van der Waals surface area (Å²) >= 11 is 0. The normalized spacial score (nSPS) is 16.5. The Morgan fingerprint density at radius 1 is 1.17 bits per heavy atom. The van der Waals surface area contributed by atoms with Crippen LogP contribution in [0.1, 0.15) is 47.9 Å². The van der Waals surface area contributed by atoms with Gasteiger partial charge in [-0.3, -0.25) is 14.4 Å². The van der Waals surface area contributed by atoms with Crippen LogP contribution in [0.5, 0.6) is 0 Å². The second kappa shape index (κ2) is 10.8. The number of hydrogen-bond donors (Lipinski definition) is 3. The number of benzene rings is 2. The number of nitrogens with zero attached hydrogens (tertiary/aromatic N) is 1. The molecule has 36 heavy (non-hydrogen) atoms. The quantitative estimate of drug-likeness (QED) is 0.467. The Labute approximate surface area is 203 Å². The van der Waals surface area contributed by atoms with E-state index < -0.39 is 61.7 Å². The SMILES string of the molecule is Cc1cccc2c1NC(=O)[C@@H](NC(=O)[C@H](CCC(F)(F)F)CC(N)=O)N=C2c1cccc(C(F)F)c1. The van der Waals surface area contributed by atoms with Crippen LogP contribution in [0.25, 0.3) is 0 Å². The molecule has 2 aromatic carbocycles. The number of nitrogens with one attached hydrogen (secondary N) is 2. The molecule has 1 aliphatic rings. The molecule has 0 spiro atoms. The van der Waals surface area contributed by atoms with Crippen LogP contribution in [0.4, 0.5) is 27.6 Å². The maximum atomic E-state index is 13.3. The van der Waals surface area contributed by atoms with Gasteiger partial charge in [-0.25, -0.2) is 13.8 Å². The zero-order chi connectivity index (χ0) is 26.6. The Morgan fingerprint density at radius 2 is 1.86 bits per heavy atom. The van der Waals surface area contributed by atoms with Crippen LogP contribution < -0.4 is 16.4 Å². The van der Waals surface area contributed by atoms with Crippen molar-refractivity contribution in [3.63, 3.8) is 0 Å². The van der Waals surface area contributed by atoms with E-state index in [4.69, 9.17) is 5.73 Å². The van der Waals surface area contributed by atoms with Gasteiger partial charge in [-0.15, -0.1) is 0 Å². The number of aliphatic imine (C=N–C) groups is 1. The molecule has 0 saturated carbocycles. The van der Waals surface area contributed by atoms with Crippen LogP contribution in [0.15, 0.2) is 47.5 Å². The molecule has 1 heterocycles. The van der Waals surface area contributed by atoms with Gasteiger partial charge in [0.1, 0.15) is 0 Å². The molecule has 0 aliphatic carbocycles. The fourth-order valence-corrected chi connectivity index (χ4v) is 3.79. The average Bonchev–Trinajstić information content (AvgIpc) is 2.93. The zero-order valence-electron chi connectivity index (χ0n) is 19.0. The molecule has 0 radical (unpaired) electrons. The number of alkyl halides is 5. The molecule has 4 N–H and O–H groups in total. The van der Waals surface area contributed by atoms with Crippen molar-refractivity contribution in [3.8, 4) is 0 Å². The second-order valence-electron chi connectivity index (χ2n) is 8.32. The molecular formula is C24H23F5N4O3. The van der Waals surface area contributed by atoms with Crippen LogP contribution in [0.2, 0.25) is 0 Å². The first kappa shape index (κ1) is 26.8. The van der Waals surface area contributed by atoms with Crippen molar-refractivity contribution < 1.29 is 36.3 Å². The number of halogens is 5. The predicted molar refractivity (Wildman–Crippen MR) is 121 cm³/mol. The summed E-state index contributed by atoms with van der Waals surface area (Å²) in [5.74, 6) is -4.26. The maximum absolute atomic E-state index is 13.3. The lowest BCUT2D eigenvalue weighted by Crippen LogP contribution is -2.45. The van der Waals surface area contributed by atoms with Crippen LogP contribution in [0, 0.1) is 12.8 Å². The molecule has 3 rings (SSSR count). The summed E-state index contributed by atoms with van der Waals surface area (Å²) in [7, 11) is 0. The first-order valence-electron chi connectivity index (χ1n) is 10.9. The Morgan fingerprint density at radius 3 is 2.50 bits per heavy atom. The molecule has 1 aliphatic heterocycles. The second-order valence-corrected chi connectivity index (χ2v) is 8.32. The van der Waals surface area contributed by atoms with E-state index in [-0.39, 0.29) is 16.8 Å². The van der Waals surface area contributed by atoms with Gasteiger partial charge in [0.15, 0.2) is 0 Å². The van der Waals surface area contributed by atoms with E-state index >= 15 is 0 Å². The van der Waals surface area contributed by atoms with Crippen molar-refractivity contribution in [1.82, 2.24) is 5.32 Å². The third kappa shape index (κ3) is 6.64. The largest absolute Gasteiger partial charge is 0.389 e. The number of hydrogen-bond acceptors (Lipinski definition) is 4. The smallest absolute Gasteiger partial charge is 0.370 e. The number of carbonyl (C=O) groups excluding carboxylic acids is 3. The average molecular weight is 510 g/mol. The summed E-state index contributed by atoms with van der Waals surface area (Å²) in [6.07, 6.45) is -11.7. The number of primary amides is 1. The van der Waals surface area contributed by atoms with E-state index in [1.807, 2.05) is 0 Å². The van der Waals surface area contributed by atoms with Crippen molar-refractivity contribution in [2.75, 3.05) is 5.32 Å². The number of carbonyl (C=O) groups is 3. The van der Waals surface area contributed by atoms with E-state index in [1.165, 1.54) is 24.3 Å². The van der Waals surface area contributed by atoms with E-state index in [1.54, 1.807) is 25.1 Å². The molecule has 3 amide bonds. The fraction of sp³-hybridized carbons (Fsp3) is 0.333. The lowest BCUT2D eigenvalue weighted by Gasteiger charge is -2.19. The summed E-state index contributed by atoms with van der Waals surface area (Å²) in [4.78, 5) is 41.4. The summed E-state index contributed by atoms with van der Waals surface area (Å²) in [5, 5.41) is 4.91. The topological polar surface area (TPSA) is 114 Å². The van der Waals surface area contributed by atoms with E-state index in [2.05, 4.69) is 15.6 Å². The van der Waals surface area contributed by atoms with Crippen molar-refractivity contribution in [2.45, 2.75) is 45.0 Å². The van der Waals surface area contributed by atoms with Gasteiger partial charge in [-0.2, -0.15) is 13.2 Å². The molecule has 0 aromatic heterocycles. The van der Waals surface area contributed by atoms with Gasteiger partial charge in [0.05, 0.1) is 11.4 Å². The van der Waals surface area contributed by atoms with Gasteiger partial charge in [-0.05, 0) is 25.0 Å². The number of para-hydroxylation sites is 1. The molecule has 192 valence electrons. The molecule has 12 heteroatoms. The molecule has 7 nitrogen and oxygen atoms in total. The molecule has 0 saturated heterocycles. The minimum absolute atomic E-state index is 0.113. The highest BCUT2D eigenvalue weighted by atomic mass is 19.4. The van der Waals surface area contributed by atoms with Gasteiger partial charge in [0.25, 0.3) is 12.3 Å². The lowest BCUT2D eigenvalue weighted by atomic mass is 9.97. The van der Waals surface area contributed by atoms with Gasteiger partial charge in [0.2, 0.25) is 18.0 Å². The number of nitrogens with two attached hydrogens (primary N) is 1. The van der Waals surface area contributed by atoms with Crippen molar-refractivity contribution in [3.05, 3.63) is 64.7 Å². The Balaban J connectivity index is 2.01. The Hall–Kier alpha value is -3.83. The van der Waals surface area contributed by atoms with Gasteiger partial charge in [0, 0.05) is 35.4 Å². The Bertz CT molecular complexity index is 1200. The standard InChI is InChI=1S/C24H23F5N4O3/c1-12-4-2-7-16-18(12)32-23(36)21(31-19(16)13-5-3-6-14(10-13)20(25)26)33-22(35)15(11-17(30)34)8-9-24(27,28)29/h2-7,10,15,20-21H,8-9,11H2,1H3,(H2,30,34)(H,32,36)(H,33,35)/t15-,21-/m1/s1. The number of rotatable bonds is 8. The van der Waals surface area contributed by atoms with Crippen LogP contribution in [-0.4, -0.2) is 35.8 Å². The summed E-state index contributed by atoms with van der Waals surface area (Å²) in [6, 6.07) is 10.3. The minimum atomic E-state index is -4.57. The molecular weight excluding hydrogens is 487 g/mol. The number of amides is 3. The number of aryl methyl sites for hydroxylation is 1. The molecule has 0 bridgehead atoms. The zero-order valence-corrected chi connectivity index (χ0v) is 19.0. The van der Waals surface area contributed by atoms with Crippen molar-refractivity contribution in [2.24, 2.45) is 16.6 Å². The third-order valence-electron chi connectivity index (χ3n) is 5.57. The minimum Gasteiger partial charge on any atom is -0.370 e. The first-order valence-corrected chi connectivity index (χ1v) is 10.9. The molecule has 2 atom stereocenters. The van der Waals surface area contributed by atoms with Gasteiger partial charge >= 0.3 is 6.18 Å². The maximum Gasteiger partial charge on any atom is 0.389 e. The molecule has 2 aromatic rings. The monoisotopic (exact) mass is 510 g/mol. The van der Waals surface area contributed by atoms with E-state index in [0.717, 1.165) is 0 Å². The summed E-state index contributed by atoms with van der Waals surface area (Å²) in [5.41, 5.74) is 6.53. The van der Waals surface area contributed by atoms with E-state index in [0.29, 0.717) is 16.8 Å². The highest BCUT2D eigenvalue weighted by Gasteiger charge is 2.34. The summed E-state index contributed by atoms with van der Waals surface area (Å²) in [6.45, 7) is 1.70. The van der Waals surface area contributed by atoms with Crippen LogP contribution >= 0.6 is 0 Å². The van der Waals surface area contributed by atoms with Crippen LogP contribution in [-0.2, 0) is 14.4 Å². The number of anilines is 1. The number of benzodiazepines with no additional fused rings is 1. The fourth-order valence-electron chi connectivity index (χ4n) is 3.79. The van der Waals surface area contributed by atoms with Gasteiger partial charge < -0.3 is 16.4 Å². The van der Waals surface area contributed by atoms with E-state index in [9.17, 15) is 36.3 Å².